The van der Waals surface area contributed by atoms with Gasteiger partial charge < -0.3 is 19.6 Å². The number of rotatable bonds is 3. The highest BCUT2D eigenvalue weighted by atomic mass is 16.7. The molecular weight excluding hydrogens is 192 g/mol. The molecule has 1 aromatic rings. The molecule has 76 valence electrons. The van der Waals surface area contributed by atoms with E-state index in [1.54, 1.807) is 6.92 Å². The molecule has 0 amide bonds. The average Bonchev–Trinajstić information content (AvgIpc) is 2.53. The van der Waals surface area contributed by atoms with Crippen molar-refractivity contribution in [1.82, 2.24) is 4.98 Å². The van der Waals surface area contributed by atoms with Crippen molar-refractivity contribution in [3.05, 3.63) is 22.2 Å². The van der Waals surface area contributed by atoms with Crippen LogP contribution in [0.15, 0.2) is 12.1 Å². The summed E-state index contributed by atoms with van der Waals surface area (Å²) in [4.78, 5) is 22.6. The number of ether oxygens (including phenoxy) is 2. The summed E-state index contributed by atoms with van der Waals surface area (Å²) in [5.41, 5.74) is 0. The summed E-state index contributed by atoms with van der Waals surface area (Å²) in [5, 5.41) is 10.2. The van der Waals surface area contributed by atoms with Crippen LogP contribution in [-0.2, 0) is 4.74 Å². The zero-order valence-electron chi connectivity index (χ0n) is 7.35. The molecule has 0 aliphatic carbocycles. The number of nitrogens with one attached hydrogen (secondary N) is 1. The Morgan fingerprint density at radius 2 is 2.36 bits per heavy atom. The van der Waals surface area contributed by atoms with Crippen LogP contribution < -0.4 is 4.74 Å². The molecule has 1 aromatic heterocycles. The van der Waals surface area contributed by atoms with Gasteiger partial charge in [0.05, 0.1) is 6.61 Å². The van der Waals surface area contributed by atoms with Gasteiger partial charge in [-0.2, -0.15) is 0 Å². The van der Waals surface area contributed by atoms with E-state index in [0.717, 1.165) is 0 Å². The number of nitro groups is 1. The summed E-state index contributed by atoms with van der Waals surface area (Å²) in [5.74, 6) is -0.264. The van der Waals surface area contributed by atoms with E-state index in [9.17, 15) is 14.9 Å². The van der Waals surface area contributed by atoms with E-state index in [0.29, 0.717) is 0 Å². The highest BCUT2D eigenvalue weighted by Gasteiger charge is 2.12. The first-order chi connectivity index (χ1) is 6.63. The van der Waals surface area contributed by atoms with Gasteiger partial charge in [0.15, 0.2) is 0 Å². The fourth-order valence-electron chi connectivity index (χ4n) is 0.767. The number of hydrogen-bond acceptors (Lipinski definition) is 5. The number of hydrogen-bond donors (Lipinski definition) is 1. The minimum Gasteiger partial charge on any atom is -0.434 e. The Kier molecular flexibility index (Phi) is 3.05. The molecule has 0 radical (unpaired) electrons. The van der Waals surface area contributed by atoms with Crippen LogP contribution in [0.2, 0.25) is 0 Å². The van der Waals surface area contributed by atoms with Crippen molar-refractivity contribution in [1.29, 1.82) is 0 Å². The second-order valence-corrected chi connectivity index (χ2v) is 2.25. The van der Waals surface area contributed by atoms with Crippen LogP contribution in [0, 0.1) is 10.1 Å². The van der Waals surface area contributed by atoms with Gasteiger partial charge in [0.25, 0.3) is 5.88 Å². The van der Waals surface area contributed by atoms with Crippen LogP contribution in [0.4, 0.5) is 10.6 Å². The number of aromatic amines is 1. The van der Waals surface area contributed by atoms with Gasteiger partial charge >= 0.3 is 12.0 Å². The molecule has 0 unspecified atom stereocenters. The van der Waals surface area contributed by atoms with Gasteiger partial charge in [0.1, 0.15) is 0 Å². The summed E-state index contributed by atoms with van der Waals surface area (Å²) < 4.78 is 9.03. The smallest absolute Gasteiger partial charge is 0.434 e. The van der Waals surface area contributed by atoms with Gasteiger partial charge in [0, 0.05) is 12.1 Å². The zero-order valence-corrected chi connectivity index (χ0v) is 7.35. The molecule has 0 saturated carbocycles. The maximum absolute atomic E-state index is 10.8. The van der Waals surface area contributed by atoms with E-state index in [1.807, 2.05) is 0 Å². The summed E-state index contributed by atoms with van der Waals surface area (Å²) in [6, 6.07) is 2.46. The molecule has 1 heterocycles. The number of nitrogens with zero attached hydrogens (tertiary/aromatic N) is 1. The maximum atomic E-state index is 10.8. The molecule has 0 aliphatic heterocycles. The Bertz CT molecular complexity index is 346. The van der Waals surface area contributed by atoms with Crippen LogP contribution >= 0.6 is 0 Å². The van der Waals surface area contributed by atoms with Crippen molar-refractivity contribution < 1.29 is 19.2 Å². The molecule has 0 spiro atoms. The third-order valence-electron chi connectivity index (χ3n) is 1.30. The van der Waals surface area contributed by atoms with Crippen molar-refractivity contribution in [2.75, 3.05) is 6.61 Å². The lowest BCUT2D eigenvalue weighted by Gasteiger charge is -1.98. The zero-order chi connectivity index (χ0) is 10.6. The third kappa shape index (κ3) is 2.47. The maximum Gasteiger partial charge on any atom is 0.516 e. The standard InChI is InChI=1S/C7H8N2O5/c1-2-13-7(10)14-6-4-3-5(8-6)9(11)12/h3-4,8H,2H2,1H3. The Hall–Kier alpha value is -2.05. The molecule has 0 aromatic carbocycles. The van der Waals surface area contributed by atoms with Crippen molar-refractivity contribution in [2.24, 2.45) is 0 Å². The fourth-order valence-corrected chi connectivity index (χ4v) is 0.767. The molecule has 1 rings (SSSR count). The molecule has 1 N–H and O–H groups in total. The van der Waals surface area contributed by atoms with Gasteiger partial charge in [-0.15, -0.1) is 0 Å². The van der Waals surface area contributed by atoms with Crippen molar-refractivity contribution in [3.8, 4) is 5.88 Å². The molecular formula is C7H8N2O5. The quantitative estimate of drug-likeness (QED) is 0.452. The predicted molar refractivity (Wildman–Crippen MR) is 45.1 cm³/mol. The average molecular weight is 200 g/mol. The van der Waals surface area contributed by atoms with Crippen LogP contribution in [-0.4, -0.2) is 22.7 Å². The monoisotopic (exact) mass is 200 g/mol. The third-order valence-corrected chi connectivity index (χ3v) is 1.30. The van der Waals surface area contributed by atoms with E-state index in [-0.39, 0.29) is 18.3 Å². The number of carbonyl (C=O) groups excluding carboxylic acids is 1. The molecule has 0 atom stereocenters. The molecule has 0 aliphatic rings. The molecule has 0 fully saturated rings. The lowest BCUT2D eigenvalue weighted by atomic mass is 10.6. The van der Waals surface area contributed by atoms with E-state index < -0.39 is 11.1 Å². The second kappa shape index (κ2) is 4.26. The molecule has 0 bridgehead atoms. The van der Waals surface area contributed by atoms with E-state index in [1.165, 1.54) is 12.1 Å². The summed E-state index contributed by atoms with van der Waals surface area (Å²) >= 11 is 0. The Morgan fingerprint density at radius 3 is 2.86 bits per heavy atom. The first-order valence-electron chi connectivity index (χ1n) is 3.81. The van der Waals surface area contributed by atoms with Gasteiger partial charge in [0.2, 0.25) is 0 Å². The minimum absolute atomic E-state index is 0.0184. The normalized spacial score (nSPS) is 9.50. The molecule has 0 saturated heterocycles. The summed E-state index contributed by atoms with van der Waals surface area (Å²) in [6.07, 6.45) is -0.899. The summed E-state index contributed by atoms with van der Waals surface area (Å²) in [7, 11) is 0. The van der Waals surface area contributed by atoms with Crippen molar-refractivity contribution in [2.45, 2.75) is 6.92 Å². The van der Waals surface area contributed by atoms with Crippen molar-refractivity contribution in [3.63, 3.8) is 0 Å². The molecule has 7 heteroatoms. The number of aromatic nitrogens is 1. The topological polar surface area (TPSA) is 94.5 Å². The Balaban J connectivity index is 2.59. The van der Waals surface area contributed by atoms with Crippen LogP contribution in [0.1, 0.15) is 6.92 Å². The molecule has 7 nitrogen and oxygen atoms in total. The predicted octanol–water partition coefficient (Wildman–Crippen LogP) is 1.46. The van der Waals surface area contributed by atoms with Crippen LogP contribution in [0.5, 0.6) is 5.88 Å². The Labute approximate surface area is 78.8 Å². The molecule has 14 heavy (non-hydrogen) atoms. The first kappa shape index (κ1) is 10.0. The van der Waals surface area contributed by atoms with E-state index in [4.69, 9.17) is 0 Å². The van der Waals surface area contributed by atoms with Gasteiger partial charge in [-0.25, -0.2) is 9.78 Å². The van der Waals surface area contributed by atoms with Crippen molar-refractivity contribution >= 4 is 12.0 Å². The van der Waals surface area contributed by atoms with Gasteiger partial charge in [-0.05, 0) is 11.8 Å². The lowest BCUT2D eigenvalue weighted by Crippen LogP contribution is -2.10. The van der Waals surface area contributed by atoms with E-state index in [2.05, 4.69) is 14.5 Å². The first-order valence-corrected chi connectivity index (χ1v) is 3.81. The largest absolute Gasteiger partial charge is 0.516 e. The number of H-pyrrole nitrogens is 1. The van der Waals surface area contributed by atoms with Gasteiger partial charge in [-0.3, -0.25) is 0 Å². The SMILES string of the molecule is CCOC(=O)Oc1ccc([N+](=O)[O-])[nH]1. The fraction of sp³-hybridized carbons (Fsp3) is 0.286. The highest BCUT2D eigenvalue weighted by Crippen LogP contribution is 2.16. The highest BCUT2D eigenvalue weighted by molar-refractivity contribution is 5.63. The van der Waals surface area contributed by atoms with E-state index >= 15 is 0 Å². The Morgan fingerprint density at radius 1 is 1.64 bits per heavy atom. The summed E-state index contributed by atoms with van der Waals surface area (Å²) in [6.45, 7) is 1.81. The van der Waals surface area contributed by atoms with Gasteiger partial charge in [-0.1, -0.05) is 0 Å². The minimum atomic E-state index is -0.899. The lowest BCUT2D eigenvalue weighted by molar-refractivity contribution is -0.389. The van der Waals surface area contributed by atoms with Crippen LogP contribution in [0.3, 0.4) is 0 Å². The number of carbonyl (C=O) groups is 1. The second-order valence-electron chi connectivity index (χ2n) is 2.25. The van der Waals surface area contributed by atoms with Crippen LogP contribution in [0.25, 0.3) is 0 Å².